The van der Waals surface area contributed by atoms with Crippen molar-refractivity contribution in [2.45, 2.75) is 38.1 Å². The molecule has 0 spiro atoms. The zero-order valence-electron chi connectivity index (χ0n) is 14.2. The molecular weight excluding hydrogens is 306 g/mol. The second kappa shape index (κ2) is 5.81. The van der Waals surface area contributed by atoms with Crippen LogP contribution in [0.1, 0.15) is 36.7 Å². The van der Waals surface area contributed by atoms with Gasteiger partial charge in [-0.25, -0.2) is 9.97 Å². The maximum atomic E-state index is 12.6. The molecule has 1 aromatic rings. The Morgan fingerprint density at radius 3 is 2.71 bits per heavy atom. The van der Waals surface area contributed by atoms with Gasteiger partial charge >= 0.3 is 0 Å². The Labute approximate surface area is 141 Å². The molecule has 1 atom stereocenters. The summed E-state index contributed by atoms with van der Waals surface area (Å²) in [7, 11) is 2.04. The van der Waals surface area contributed by atoms with Crippen LogP contribution in [0.4, 0.5) is 5.69 Å². The fourth-order valence-corrected chi connectivity index (χ4v) is 3.61. The number of carbonyl (C=O) groups excluding carboxylic acids is 2. The lowest BCUT2D eigenvalue weighted by Gasteiger charge is -2.42. The number of aryl methyl sites for hydroxylation is 1. The molecule has 1 saturated carbocycles. The van der Waals surface area contributed by atoms with Gasteiger partial charge in [0.15, 0.2) is 0 Å². The van der Waals surface area contributed by atoms with Gasteiger partial charge in [0.05, 0.1) is 29.5 Å². The number of likely N-dealkylation sites (N-methyl/N-ethyl adjacent to an activating group) is 1. The maximum Gasteiger partial charge on any atom is 0.229 e. The van der Waals surface area contributed by atoms with Crippen molar-refractivity contribution in [1.29, 1.82) is 0 Å². The third kappa shape index (κ3) is 2.88. The molecule has 1 aliphatic carbocycles. The van der Waals surface area contributed by atoms with Crippen LogP contribution in [0.3, 0.4) is 0 Å². The monoisotopic (exact) mass is 329 g/mol. The highest BCUT2D eigenvalue weighted by atomic mass is 16.2. The molecule has 7 nitrogen and oxygen atoms in total. The average molecular weight is 329 g/mol. The Kier molecular flexibility index (Phi) is 3.75. The molecule has 1 unspecified atom stereocenters. The van der Waals surface area contributed by atoms with E-state index in [1.54, 1.807) is 6.20 Å². The molecule has 0 bridgehead atoms. The van der Waals surface area contributed by atoms with Crippen molar-refractivity contribution < 1.29 is 9.59 Å². The first kappa shape index (κ1) is 15.5. The second-order valence-corrected chi connectivity index (χ2v) is 7.30. The first-order chi connectivity index (χ1) is 11.5. The van der Waals surface area contributed by atoms with E-state index < -0.39 is 0 Å². The molecular formula is C17H23N5O2. The number of carbonyl (C=O) groups is 2. The fraction of sp³-hybridized carbons (Fsp3) is 0.647. The van der Waals surface area contributed by atoms with Gasteiger partial charge in [-0.2, -0.15) is 0 Å². The van der Waals surface area contributed by atoms with E-state index in [1.165, 1.54) is 0 Å². The lowest BCUT2D eigenvalue weighted by Crippen LogP contribution is -2.58. The molecule has 1 N–H and O–H groups in total. The molecule has 0 radical (unpaired) electrons. The van der Waals surface area contributed by atoms with E-state index in [0.29, 0.717) is 24.6 Å². The van der Waals surface area contributed by atoms with E-state index in [9.17, 15) is 9.59 Å². The quantitative estimate of drug-likeness (QED) is 0.882. The maximum absolute atomic E-state index is 12.6. The Hall–Kier alpha value is -2.02. The highest BCUT2D eigenvalue weighted by molar-refractivity contribution is 5.97. The third-order valence-electron chi connectivity index (χ3n) is 5.18. The molecule has 2 amide bonds. The lowest BCUT2D eigenvalue weighted by atomic mass is 10.1. The standard InChI is InChI=1S/C17H23N5O2/c1-10-18-6-14(16(19-10)11-3-4-11)20-17(24)12-5-15(23)22(7-12)13-8-21(2)9-13/h6,11-13H,3-5,7-9H2,1-2H3,(H,20,24). The first-order valence-electron chi connectivity index (χ1n) is 8.63. The Bertz CT molecular complexity index is 682. The third-order valence-corrected chi connectivity index (χ3v) is 5.18. The highest BCUT2D eigenvalue weighted by Gasteiger charge is 2.41. The van der Waals surface area contributed by atoms with E-state index in [1.807, 2.05) is 18.9 Å². The minimum absolute atomic E-state index is 0.0899. The lowest BCUT2D eigenvalue weighted by molar-refractivity contribution is -0.132. The predicted molar refractivity (Wildman–Crippen MR) is 88.5 cm³/mol. The molecule has 128 valence electrons. The zero-order chi connectivity index (χ0) is 16.8. The van der Waals surface area contributed by atoms with Gasteiger partial charge in [0, 0.05) is 32.0 Å². The average Bonchev–Trinajstić information content (AvgIpc) is 3.29. The molecule has 24 heavy (non-hydrogen) atoms. The molecule has 2 aliphatic heterocycles. The summed E-state index contributed by atoms with van der Waals surface area (Å²) in [4.78, 5) is 37.6. The number of nitrogens with one attached hydrogen (secondary N) is 1. The summed E-state index contributed by atoms with van der Waals surface area (Å²) in [5.74, 6) is 0.890. The van der Waals surface area contributed by atoms with Crippen molar-refractivity contribution in [2.24, 2.45) is 5.92 Å². The minimum Gasteiger partial charge on any atom is -0.336 e. The van der Waals surface area contributed by atoms with Gasteiger partial charge in [0.1, 0.15) is 5.82 Å². The van der Waals surface area contributed by atoms with E-state index in [0.717, 1.165) is 37.4 Å². The summed E-state index contributed by atoms with van der Waals surface area (Å²) in [5.41, 5.74) is 1.65. The Morgan fingerprint density at radius 1 is 1.29 bits per heavy atom. The van der Waals surface area contributed by atoms with Crippen LogP contribution in [0.25, 0.3) is 0 Å². The number of hydrogen-bond acceptors (Lipinski definition) is 5. The number of likely N-dealkylation sites (tertiary alicyclic amines) is 2. The molecule has 3 aliphatic rings. The summed E-state index contributed by atoms with van der Waals surface area (Å²) in [6.45, 7) is 4.19. The van der Waals surface area contributed by atoms with E-state index in [4.69, 9.17) is 0 Å². The molecule has 0 aromatic carbocycles. The van der Waals surface area contributed by atoms with Crippen molar-refractivity contribution in [2.75, 3.05) is 32.0 Å². The first-order valence-corrected chi connectivity index (χ1v) is 8.63. The van der Waals surface area contributed by atoms with Crippen molar-refractivity contribution in [3.8, 4) is 0 Å². The van der Waals surface area contributed by atoms with Crippen molar-refractivity contribution in [1.82, 2.24) is 19.8 Å². The Morgan fingerprint density at radius 2 is 2.04 bits per heavy atom. The number of aromatic nitrogens is 2. The largest absolute Gasteiger partial charge is 0.336 e. The van der Waals surface area contributed by atoms with Crippen LogP contribution in [-0.2, 0) is 9.59 Å². The molecule has 3 fully saturated rings. The number of amides is 2. The zero-order valence-corrected chi connectivity index (χ0v) is 14.2. The van der Waals surface area contributed by atoms with Crippen LogP contribution in [0.15, 0.2) is 6.20 Å². The highest BCUT2D eigenvalue weighted by Crippen LogP contribution is 2.42. The van der Waals surface area contributed by atoms with Crippen LogP contribution in [0.2, 0.25) is 0 Å². The summed E-state index contributed by atoms with van der Waals surface area (Å²) in [6, 6.07) is 0.269. The second-order valence-electron chi connectivity index (χ2n) is 7.30. The molecule has 1 aromatic heterocycles. The van der Waals surface area contributed by atoms with Gasteiger partial charge < -0.3 is 15.1 Å². The minimum atomic E-state index is -0.281. The molecule has 7 heteroatoms. The van der Waals surface area contributed by atoms with E-state index in [2.05, 4.69) is 20.2 Å². The van der Waals surface area contributed by atoms with Crippen LogP contribution in [-0.4, -0.2) is 64.3 Å². The van der Waals surface area contributed by atoms with Crippen LogP contribution < -0.4 is 5.32 Å². The topological polar surface area (TPSA) is 78.4 Å². The summed E-state index contributed by atoms with van der Waals surface area (Å²) >= 11 is 0. The summed E-state index contributed by atoms with van der Waals surface area (Å²) < 4.78 is 0. The van der Waals surface area contributed by atoms with Gasteiger partial charge in [-0.05, 0) is 26.8 Å². The van der Waals surface area contributed by atoms with E-state index >= 15 is 0 Å². The van der Waals surface area contributed by atoms with Gasteiger partial charge in [0.25, 0.3) is 0 Å². The summed E-state index contributed by atoms with van der Waals surface area (Å²) in [6.07, 6.45) is 4.23. The number of rotatable bonds is 4. The molecule has 3 heterocycles. The van der Waals surface area contributed by atoms with Crippen LogP contribution in [0, 0.1) is 12.8 Å². The smallest absolute Gasteiger partial charge is 0.229 e. The molecule has 4 rings (SSSR count). The van der Waals surface area contributed by atoms with Crippen LogP contribution >= 0.6 is 0 Å². The van der Waals surface area contributed by atoms with Gasteiger partial charge in [0.2, 0.25) is 11.8 Å². The number of anilines is 1. The Balaban J connectivity index is 1.43. The van der Waals surface area contributed by atoms with E-state index in [-0.39, 0.29) is 23.8 Å². The van der Waals surface area contributed by atoms with Crippen molar-refractivity contribution >= 4 is 17.5 Å². The normalized spacial score (nSPS) is 25.0. The van der Waals surface area contributed by atoms with Gasteiger partial charge in [-0.15, -0.1) is 0 Å². The summed E-state index contributed by atoms with van der Waals surface area (Å²) in [5, 5.41) is 2.97. The predicted octanol–water partition coefficient (Wildman–Crippen LogP) is 0.763. The number of hydrogen-bond donors (Lipinski definition) is 1. The van der Waals surface area contributed by atoms with Gasteiger partial charge in [-0.3, -0.25) is 9.59 Å². The van der Waals surface area contributed by atoms with Crippen molar-refractivity contribution in [3.63, 3.8) is 0 Å². The SMILES string of the molecule is Cc1ncc(NC(=O)C2CC(=O)N(C3CN(C)C3)C2)c(C2CC2)n1. The number of nitrogens with zero attached hydrogens (tertiary/aromatic N) is 4. The van der Waals surface area contributed by atoms with Crippen LogP contribution in [0.5, 0.6) is 0 Å². The molecule has 2 saturated heterocycles. The van der Waals surface area contributed by atoms with Crippen molar-refractivity contribution in [3.05, 3.63) is 17.7 Å². The van der Waals surface area contributed by atoms with Gasteiger partial charge in [-0.1, -0.05) is 0 Å². The fourth-order valence-electron chi connectivity index (χ4n) is 3.61.